The van der Waals surface area contributed by atoms with Crippen LogP contribution in [0.1, 0.15) is 96.9 Å². The van der Waals surface area contributed by atoms with Crippen LogP contribution in [0.5, 0.6) is 0 Å². The molecule has 69 heavy (non-hydrogen) atoms. The Bertz CT molecular complexity index is 1700. The lowest BCUT2D eigenvalue weighted by atomic mass is 9.97. The molecule has 6 aliphatic heterocycles. The lowest BCUT2D eigenvalue weighted by Crippen LogP contribution is -2.55. The molecule has 0 spiro atoms. The highest BCUT2D eigenvalue weighted by molar-refractivity contribution is 5.72. The fourth-order valence-corrected chi connectivity index (χ4v) is 9.34. The Kier molecular flexibility index (Phi) is 20.9. The highest BCUT2D eigenvalue weighted by atomic mass is 16.7. The Morgan fingerprint density at radius 1 is 0.565 bits per heavy atom. The van der Waals surface area contributed by atoms with Crippen LogP contribution in [0.2, 0.25) is 0 Å². The monoisotopic (exact) mass is 990 g/mol. The number of fused-ring (bicyclic) bond motifs is 3. The third-order valence-corrected chi connectivity index (χ3v) is 12.2. The van der Waals surface area contributed by atoms with E-state index in [1.807, 2.05) is 55.4 Å². The first-order chi connectivity index (χ1) is 31.9. The first kappa shape index (κ1) is 60.1. The molecule has 3 amide bonds. The zero-order chi connectivity index (χ0) is 52.7. The van der Waals surface area contributed by atoms with Gasteiger partial charge in [0.15, 0.2) is 0 Å². The van der Waals surface area contributed by atoms with Gasteiger partial charge in [0.2, 0.25) is 17.4 Å². The van der Waals surface area contributed by atoms with Crippen molar-refractivity contribution in [2.75, 3.05) is 88.7 Å². The van der Waals surface area contributed by atoms with E-state index in [1.54, 1.807) is 44.8 Å². The number of nitrogens with zero attached hydrogens (tertiary/aromatic N) is 3. The van der Waals surface area contributed by atoms with Crippen LogP contribution in [-0.4, -0.2) is 204 Å². The first-order valence-corrected chi connectivity index (χ1v) is 23.8. The van der Waals surface area contributed by atoms with E-state index in [-0.39, 0.29) is 62.5 Å². The van der Waals surface area contributed by atoms with Crippen molar-refractivity contribution in [2.24, 2.45) is 23.7 Å². The predicted molar refractivity (Wildman–Crippen MR) is 253 cm³/mol. The van der Waals surface area contributed by atoms with Crippen LogP contribution < -0.4 is 0 Å². The molecular formula is C49H87N3O17. The quantitative estimate of drug-likeness (QED) is 0.128. The lowest BCUT2D eigenvalue weighted by molar-refractivity contribution is -0.225. The van der Waals surface area contributed by atoms with Crippen molar-refractivity contribution in [3.05, 3.63) is 11.6 Å². The van der Waals surface area contributed by atoms with Gasteiger partial charge in [-0.05, 0) is 82.1 Å². The number of carbonyl (C=O) groups is 4. The molecule has 0 unspecified atom stereocenters. The second-order valence-electron chi connectivity index (χ2n) is 22.1. The highest BCUT2D eigenvalue weighted by Crippen LogP contribution is 2.45. The maximum atomic E-state index is 12.7. The first-order valence-electron chi connectivity index (χ1n) is 23.8. The van der Waals surface area contributed by atoms with Gasteiger partial charge in [-0.25, -0.2) is 14.4 Å². The molecule has 20 heteroatoms. The van der Waals surface area contributed by atoms with E-state index in [9.17, 15) is 24.3 Å². The summed E-state index contributed by atoms with van der Waals surface area (Å²) in [5.41, 5.74) is -0.570. The molecule has 6 rings (SSSR count). The Morgan fingerprint density at radius 3 is 1.14 bits per heavy atom. The minimum atomic E-state index is -1.07. The van der Waals surface area contributed by atoms with E-state index < -0.39 is 70.5 Å². The maximum Gasteiger partial charge on any atom is 0.410 e. The van der Waals surface area contributed by atoms with Crippen molar-refractivity contribution in [1.82, 2.24) is 14.7 Å². The number of hydrogen-bond acceptors (Lipinski definition) is 17. The number of carbonyl (C=O) groups excluding carboxylic acids is 4. The Morgan fingerprint density at radius 2 is 0.855 bits per heavy atom. The molecule has 20 nitrogen and oxygen atoms in total. The summed E-state index contributed by atoms with van der Waals surface area (Å²) < 4.78 is 66.9. The van der Waals surface area contributed by atoms with Gasteiger partial charge in [0.25, 0.3) is 0 Å². The van der Waals surface area contributed by atoms with Gasteiger partial charge in [-0.3, -0.25) is 14.7 Å². The number of aliphatic hydroxyl groups excluding tert-OH is 1. The van der Waals surface area contributed by atoms with Crippen LogP contribution in [0.25, 0.3) is 0 Å². The molecular weight excluding hydrogens is 903 g/mol. The summed E-state index contributed by atoms with van der Waals surface area (Å²) in [6.45, 7) is 28.7. The van der Waals surface area contributed by atoms with E-state index in [0.717, 1.165) is 12.2 Å². The number of aldehydes is 1. The number of ether oxygens (including phenoxy) is 12. The Hall–Kier alpha value is -3.18. The number of likely N-dealkylation sites (tertiary alicyclic amines) is 3. The molecule has 6 heterocycles. The van der Waals surface area contributed by atoms with Crippen LogP contribution >= 0.6 is 0 Å². The summed E-state index contributed by atoms with van der Waals surface area (Å²) >= 11 is 0. The van der Waals surface area contributed by atoms with E-state index in [0.29, 0.717) is 19.7 Å². The molecule has 0 aliphatic carbocycles. The Balaban J connectivity index is 0.000000264. The topological polar surface area (TPSA) is 209 Å². The van der Waals surface area contributed by atoms with Crippen LogP contribution in [0, 0.1) is 23.7 Å². The van der Waals surface area contributed by atoms with Gasteiger partial charge in [-0.15, -0.1) is 0 Å². The number of hydrogen-bond donors (Lipinski definition) is 1. The predicted octanol–water partition coefficient (Wildman–Crippen LogP) is 5.65. The molecule has 1 N–H and O–H groups in total. The maximum absolute atomic E-state index is 12.7. The normalized spacial score (nSPS) is 29.3. The smallest absolute Gasteiger partial charge is 0.410 e. The van der Waals surface area contributed by atoms with Crippen LogP contribution in [0.15, 0.2) is 11.6 Å². The minimum absolute atomic E-state index is 0.0655. The molecule has 0 saturated carbocycles. The number of rotatable bonds is 9. The molecule has 9 atom stereocenters. The number of aliphatic hydroxyl groups is 1. The van der Waals surface area contributed by atoms with E-state index in [4.69, 9.17) is 56.8 Å². The van der Waals surface area contributed by atoms with Crippen LogP contribution in [-0.2, 0) is 61.6 Å². The largest absolute Gasteiger partial charge is 0.444 e. The Labute approximate surface area is 411 Å². The standard InChI is InChI=1S/C17H29NO5.C14H25NO6.C14H23NO6.C4H10/c1-11(2)8-12-9-18(15(19)23-16(3,4)5)14-13(12)22-10-17(14,20-6)21-7;2*1-13(2,3)21-12(17)15-6-9(7-16)10-11(15)14(18-4,19-5)8-20-10;1-4(2)3/h8,12-14H,9-10H2,1-7H3;9-11,16H,6-8H2,1-5H3;7,9-11H,6,8H2,1-5H3;4H,1-3H3/t12-,13-,14+;2*9-,10+,11-;/m100./s1. The van der Waals surface area contributed by atoms with Gasteiger partial charge in [0.1, 0.15) is 61.0 Å². The second kappa shape index (κ2) is 24.0. The summed E-state index contributed by atoms with van der Waals surface area (Å²) in [5, 5.41) is 9.52. The van der Waals surface area contributed by atoms with Gasteiger partial charge in [0, 0.05) is 74.1 Å². The summed E-state index contributed by atoms with van der Waals surface area (Å²) in [6, 6.07) is -1.26. The lowest BCUT2D eigenvalue weighted by Gasteiger charge is -2.36. The van der Waals surface area contributed by atoms with Crippen LogP contribution in [0.3, 0.4) is 0 Å². The summed E-state index contributed by atoms with van der Waals surface area (Å²) in [6.07, 6.45) is 0.742. The minimum Gasteiger partial charge on any atom is -0.444 e. The summed E-state index contributed by atoms with van der Waals surface area (Å²) in [5.74, 6) is -2.69. The van der Waals surface area contributed by atoms with Gasteiger partial charge in [0.05, 0.1) is 30.8 Å². The van der Waals surface area contributed by atoms with Crippen molar-refractivity contribution >= 4 is 24.6 Å². The van der Waals surface area contributed by atoms with Crippen molar-refractivity contribution in [2.45, 2.75) is 168 Å². The number of allylic oxidation sites excluding steroid dienone is 1. The summed E-state index contributed by atoms with van der Waals surface area (Å²) in [4.78, 5) is 53.5. The second-order valence-corrected chi connectivity index (χ2v) is 22.1. The zero-order valence-corrected chi connectivity index (χ0v) is 45.2. The SMILES string of the molecule is CC(C)C.COC1(OC)CO[C@@H]2[C@H](C=C(C)C)CN(C(=O)OC(C)(C)C)[C@@H]21.COC1(OC)CO[C@@H]2[C@H](C=O)CN(C(=O)OC(C)(C)C)[C@@H]21.COC1(OC)CO[C@@H]2[C@H](CO)CN(C(=O)OC(C)(C)C)[C@@H]21. The third-order valence-electron chi connectivity index (χ3n) is 12.2. The van der Waals surface area contributed by atoms with E-state index >= 15 is 0 Å². The molecule has 0 aromatic heterocycles. The molecule has 6 saturated heterocycles. The van der Waals surface area contributed by atoms with E-state index in [1.165, 1.54) is 38.9 Å². The van der Waals surface area contributed by atoms with Crippen molar-refractivity contribution < 1.29 is 81.1 Å². The zero-order valence-electron chi connectivity index (χ0n) is 45.2. The van der Waals surface area contributed by atoms with Crippen LogP contribution in [0.4, 0.5) is 14.4 Å². The fourth-order valence-electron chi connectivity index (χ4n) is 9.34. The van der Waals surface area contributed by atoms with Gasteiger partial charge in [-0.1, -0.05) is 32.4 Å². The molecule has 0 aromatic carbocycles. The summed E-state index contributed by atoms with van der Waals surface area (Å²) in [7, 11) is 9.20. The van der Waals surface area contributed by atoms with Crippen molar-refractivity contribution in [3.8, 4) is 0 Å². The van der Waals surface area contributed by atoms with Crippen molar-refractivity contribution in [3.63, 3.8) is 0 Å². The molecule has 400 valence electrons. The van der Waals surface area contributed by atoms with Gasteiger partial charge in [-0.2, -0.15) is 0 Å². The average Bonchev–Trinajstić information content (AvgIpc) is 4.09. The van der Waals surface area contributed by atoms with Gasteiger partial charge < -0.3 is 66.7 Å². The molecule has 0 radical (unpaired) electrons. The fraction of sp³-hybridized carbons (Fsp3) is 0.878. The number of amides is 3. The third kappa shape index (κ3) is 14.3. The molecule has 0 bridgehead atoms. The molecule has 6 aliphatic rings. The molecule has 0 aromatic rings. The highest BCUT2D eigenvalue weighted by Gasteiger charge is 2.64. The average molecular weight is 990 g/mol. The van der Waals surface area contributed by atoms with Crippen molar-refractivity contribution in [1.29, 1.82) is 0 Å². The molecule has 6 fully saturated rings. The number of methoxy groups -OCH3 is 6. The van der Waals surface area contributed by atoms with E-state index in [2.05, 4.69) is 26.8 Å². The van der Waals surface area contributed by atoms with Gasteiger partial charge >= 0.3 is 18.3 Å².